The summed E-state index contributed by atoms with van der Waals surface area (Å²) in [5, 5.41) is 3.05. The van der Waals surface area contributed by atoms with Crippen LogP contribution in [0.1, 0.15) is 55.3 Å². The van der Waals surface area contributed by atoms with Gasteiger partial charge in [0.1, 0.15) is 5.82 Å². The van der Waals surface area contributed by atoms with Crippen molar-refractivity contribution in [1.82, 2.24) is 19.9 Å². The number of imidazole rings is 1. The largest absolute Gasteiger partial charge is 0.342 e. The van der Waals surface area contributed by atoms with Crippen molar-refractivity contribution in [3.05, 3.63) is 60.2 Å². The average molecular weight is 336 g/mol. The zero-order valence-electron chi connectivity index (χ0n) is 14.8. The van der Waals surface area contributed by atoms with Gasteiger partial charge in [-0.25, -0.2) is 4.98 Å². The smallest absolute Gasteiger partial charge is 0.251 e. The summed E-state index contributed by atoms with van der Waals surface area (Å²) in [6.07, 6.45) is 6.72. The van der Waals surface area contributed by atoms with Gasteiger partial charge in [0, 0.05) is 24.5 Å². The Labute approximate surface area is 148 Å². The SMILES string of the molecule is CCCCCn1c(C(C)NC(=O)c2ccncc2)nc2ccccc21. The zero-order chi connectivity index (χ0) is 17.6. The lowest BCUT2D eigenvalue weighted by atomic mass is 10.2. The van der Waals surface area contributed by atoms with E-state index in [4.69, 9.17) is 4.98 Å². The third-order valence-corrected chi connectivity index (χ3v) is 4.35. The molecule has 1 N–H and O–H groups in total. The third kappa shape index (κ3) is 3.87. The van der Waals surface area contributed by atoms with Gasteiger partial charge in [0.05, 0.1) is 17.1 Å². The van der Waals surface area contributed by atoms with Crippen LogP contribution in [0, 0.1) is 0 Å². The first-order chi connectivity index (χ1) is 12.2. The first-order valence-corrected chi connectivity index (χ1v) is 8.86. The minimum Gasteiger partial charge on any atom is -0.342 e. The van der Waals surface area contributed by atoms with Crippen molar-refractivity contribution in [3.8, 4) is 0 Å². The number of hydrogen-bond acceptors (Lipinski definition) is 3. The molecule has 2 aromatic heterocycles. The van der Waals surface area contributed by atoms with Crippen molar-refractivity contribution in [1.29, 1.82) is 0 Å². The zero-order valence-corrected chi connectivity index (χ0v) is 14.8. The molecule has 1 atom stereocenters. The highest BCUT2D eigenvalue weighted by molar-refractivity contribution is 5.94. The lowest BCUT2D eigenvalue weighted by Gasteiger charge is -2.16. The minimum absolute atomic E-state index is 0.109. The molecule has 3 rings (SSSR count). The first kappa shape index (κ1) is 17.1. The van der Waals surface area contributed by atoms with E-state index in [0.29, 0.717) is 5.56 Å². The number of aromatic nitrogens is 3. The van der Waals surface area contributed by atoms with Gasteiger partial charge in [0.15, 0.2) is 0 Å². The van der Waals surface area contributed by atoms with Crippen molar-refractivity contribution < 1.29 is 4.79 Å². The number of carbonyl (C=O) groups excluding carboxylic acids is 1. The van der Waals surface area contributed by atoms with Crippen molar-refractivity contribution in [2.45, 2.75) is 45.7 Å². The van der Waals surface area contributed by atoms with Crippen molar-refractivity contribution >= 4 is 16.9 Å². The summed E-state index contributed by atoms with van der Waals surface area (Å²) in [5.74, 6) is 0.793. The summed E-state index contributed by atoms with van der Waals surface area (Å²) < 4.78 is 2.24. The molecule has 0 aliphatic rings. The van der Waals surface area contributed by atoms with Gasteiger partial charge < -0.3 is 9.88 Å². The fourth-order valence-corrected chi connectivity index (χ4v) is 3.03. The van der Waals surface area contributed by atoms with Crippen molar-refractivity contribution in [2.24, 2.45) is 0 Å². The second kappa shape index (κ2) is 7.92. The molecule has 0 saturated heterocycles. The molecule has 1 aromatic carbocycles. The molecular weight excluding hydrogens is 312 g/mol. The number of rotatable bonds is 7. The van der Waals surface area contributed by atoms with E-state index in [1.807, 2.05) is 25.1 Å². The van der Waals surface area contributed by atoms with Gasteiger partial charge in [-0.3, -0.25) is 9.78 Å². The maximum atomic E-state index is 12.4. The van der Waals surface area contributed by atoms with Gasteiger partial charge in [-0.15, -0.1) is 0 Å². The van der Waals surface area contributed by atoms with E-state index in [1.165, 1.54) is 12.8 Å². The number of hydrogen-bond donors (Lipinski definition) is 1. The summed E-state index contributed by atoms with van der Waals surface area (Å²) >= 11 is 0. The highest BCUT2D eigenvalue weighted by atomic mass is 16.1. The number of fused-ring (bicyclic) bond motifs is 1. The Balaban J connectivity index is 1.85. The maximum Gasteiger partial charge on any atom is 0.251 e. The van der Waals surface area contributed by atoms with Gasteiger partial charge in [-0.1, -0.05) is 31.9 Å². The normalized spacial score (nSPS) is 12.2. The number of aryl methyl sites for hydroxylation is 1. The Morgan fingerprint density at radius 1 is 1.16 bits per heavy atom. The molecule has 1 amide bonds. The van der Waals surface area contributed by atoms with Gasteiger partial charge in [-0.2, -0.15) is 0 Å². The second-order valence-corrected chi connectivity index (χ2v) is 6.25. The molecule has 5 heteroatoms. The second-order valence-electron chi connectivity index (χ2n) is 6.25. The van der Waals surface area contributed by atoms with Crippen LogP contribution in [0.4, 0.5) is 0 Å². The standard InChI is InChI=1S/C20H24N4O/c1-3-4-7-14-24-18-9-6-5-8-17(18)23-19(24)15(2)22-20(25)16-10-12-21-13-11-16/h5-6,8-13,15H,3-4,7,14H2,1-2H3,(H,22,25). The van der Waals surface area contributed by atoms with E-state index in [2.05, 4.69) is 27.9 Å². The highest BCUT2D eigenvalue weighted by Gasteiger charge is 2.18. The van der Waals surface area contributed by atoms with E-state index >= 15 is 0 Å². The predicted molar refractivity (Wildman–Crippen MR) is 99.4 cm³/mol. The molecule has 25 heavy (non-hydrogen) atoms. The summed E-state index contributed by atoms with van der Waals surface area (Å²) in [5.41, 5.74) is 2.70. The molecule has 3 aromatic rings. The van der Waals surface area contributed by atoms with E-state index in [-0.39, 0.29) is 11.9 Å². The quantitative estimate of drug-likeness (QED) is 0.660. The monoisotopic (exact) mass is 336 g/mol. The van der Waals surface area contributed by atoms with Crippen LogP contribution in [0.25, 0.3) is 11.0 Å². The molecule has 0 saturated carbocycles. The van der Waals surface area contributed by atoms with Gasteiger partial charge >= 0.3 is 0 Å². The van der Waals surface area contributed by atoms with Crippen LogP contribution in [0.5, 0.6) is 0 Å². The Morgan fingerprint density at radius 2 is 1.92 bits per heavy atom. The van der Waals surface area contributed by atoms with E-state index in [0.717, 1.165) is 29.8 Å². The van der Waals surface area contributed by atoms with Crippen LogP contribution < -0.4 is 5.32 Å². The number of amides is 1. The van der Waals surface area contributed by atoms with E-state index in [9.17, 15) is 4.79 Å². The number of carbonyl (C=O) groups is 1. The molecular formula is C20H24N4O. The predicted octanol–water partition coefficient (Wildman–Crippen LogP) is 4.11. The minimum atomic E-state index is -0.172. The lowest BCUT2D eigenvalue weighted by molar-refractivity contribution is 0.0937. The van der Waals surface area contributed by atoms with Crippen LogP contribution in [0.15, 0.2) is 48.8 Å². The molecule has 0 aliphatic heterocycles. The van der Waals surface area contributed by atoms with Crippen LogP contribution in [0.3, 0.4) is 0 Å². The lowest BCUT2D eigenvalue weighted by Crippen LogP contribution is -2.28. The van der Waals surface area contributed by atoms with Crippen LogP contribution in [0.2, 0.25) is 0 Å². The molecule has 2 heterocycles. The topological polar surface area (TPSA) is 59.8 Å². The maximum absolute atomic E-state index is 12.4. The summed E-state index contributed by atoms with van der Waals surface area (Å²) in [6, 6.07) is 11.4. The molecule has 5 nitrogen and oxygen atoms in total. The molecule has 0 fully saturated rings. The van der Waals surface area contributed by atoms with Gasteiger partial charge in [0.2, 0.25) is 0 Å². The van der Waals surface area contributed by atoms with E-state index < -0.39 is 0 Å². The Kier molecular flexibility index (Phi) is 5.43. The van der Waals surface area contributed by atoms with Crippen molar-refractivity contribution in [3.63, 3.8) is 0 Å². The fourth-order valence-electron chi connectivity index (χ4n) is 3.03. The summed E-state index contributed by atoms with van der Waals surface area (Å²) in [4.78, 5) is 21.2. The number of benzene rings is 1. The third-order valence-electron chi connectivity index (χ3n) is 4.35. The Morgan fingerprint density at radius 3 is 2.68 bits per heavy atom. The summed E-state index contributed by atoms with van der Waals surface area (Å²) in [7, 11) is 0. The highest BCUT2D eigenvalue weighted by Crippen LogP contribution is 2.22. The molecule has 0 radical (unpaired) electrons. The molecule has 130 valence electrons. The number of nitrogens with one attached hydrogen (secondary N) is 1. The molecule has 0 aliphatic carbocycles. The van der Waals surface area contributed by atoms with Crippen LogP contribution >= 0.6 is 0 Å². The van der Waals surface area contributed by atoms with Crippen LogP contribution in [-0.4, -0.2) is 20.4 Å². The van der Waals surface area contributed by atoms with Gasteiger partial charge in [-0.05, 0) is 37.6 Å². The Hall–Kier alpha value is -2.69. The average Bonchev–Trinajstić information content (AvgIpc) is 3.01. The molecule has 1 unspecified atom stereocenters. The van der Waals surface area contributed by atoms with Crippen LogP contribution in [-0.2, 0) is 6.54 Å². The number of para-hydroxylation sites is 2. The van der Waals surface area contributed by atoms with Gasteiger partial charge in [0.25, 0.3) is 5.91 Å². The number of pyridine rings is 1. The Bertz CT molecular complexity index is 841. The van der Waals surface area contributed by atoms with E-state index in [1.54, 1.807) is 24.5 Å². The molecule has 0 spiro atoms. The molecule has 0 bridgehead atoms. The summed E-state index contributed by atoms with van der Waals surface area (Å²) in [6.45, 7) is 5.10. The fraction of sp³-hybridized carbons (Fsp3) is 0.350. The first-order valence-electron chi connectivity index (χ1n) is 8.86. The van der Waals surface area contributed by atoms with Crippen molar-refractivity contribution in [2.75, 3.05) is 0 Å². The number of nitrogens with zero attached hydrogens (tertiary/aromatic N) is 3. The number of unbranched alkanes of at least 4 members (excludes halogenated alkanes) is 2.